The van der Waals surface area contributed by atoms with E-state index in [4.69, 9.17) is 4.42 Å². The summed E-state index contributed by atoms with van der Waals surface area (Å²) in [5, 5.41) is 2.77. The molecular formula is C15H18N4O2. The highest BCUT2D eigenvalue weighted by atomic mass is 16.4. The van der Waals surface area contributed by atoms with Gasteiger partial charge in [0, 0.05) is 32.0 Å². The lowest BCUT2D eigenvalue weighted by Crippen LogP contribution is -2.24. The van der Waals surface area contributed by atoms with Crippen molar-refractivity contribution >= 4 is 5.91 Å². The molecule has 1 aliphatic heterocycles. The van der Waals surface area contributed by atoms with E-state index in [1.807, 2.05) is 25.3 Å². The third kappa shape index (κ3) is 3.11. The van der Waals surface area contributed by atoms with Crippen LogP contribution < -0.4 is 5.32 Å². The van der Waals surface area contributed by atoms with E-state index in [0.29, 0.717) is 19.6 Å². The van der Waals surface area contributed by atoms with Gasteiger partial charge in [-0.05, 0) is 18.1 Å². The number of oxazole rings is 1. The second-order valence-corrected chi connectivity index (χ2v) is 5.15. The first kappa shape index (κ1) is 13.8. The fraction of sp³-hybridized carbons (Fsp3) is 0.400. The van der Waals surface area contributed by atoms with Crippen LogP contribution in [0.15, 0.2) is 28.9 Å². The average Bonchev–Trinajstić information content (AvgIpc) is 3.04. The molecule has 2 aromatic rings. The lowest BCUT2D eigenvalue weighted by molar-refractivity contribution is 0.0914. The van der Waals surface area contributed by atoms with Crippen molar-refractivity contribution in [3.8, 4) is 0 Å². The van der Waals surface area contributed by atoms with E-state index in [0.717, 1.165) is 30.0 Å². The largest absolute Gasteiger partial charge is 0.436 e. The molecule has 0 aliphatic carbocycles. The summed E-state index contributed by atoms with van der Waals surface area (Å²) in [5.74, 6) is 0.736. The zero-order chi connectivity index (χ0) is 14.7. The Labute approximate surface area is 123 Å². The van der Waals surface area contributed by atoms with E-state index in [1.165, 1.54) is 0 Å². The summed E-state index contributed by atoms with van der Waals surface area (Å²) >= 11 is 0. The predicted octanol–water partition coefficient (Wildman–Crippen LogP) is 1.73. The fourth-order valence-electron chi connectivity index (χ4n) is 2.37. The fourth-order valence-corrected chi connectivity index (χ4v) is 2.37. The molecule has 0 spiro atoms. The van der Waals surface area contributed by atoms with Gasteiger partial charge in [-0.3, -0.25) is 14.7 Å². The van der Waals surface area contributed by atoms with Crippen LogP contribution >= 0.6 is 0 Å². The molecule has 6 nitrogen and oxygen atoms in total. The Morgan fingerprint density at radius 3 is 3.10 bits per heavy atom. The third-order valence-corrected chi connectivity index (χ3v) is 3.38. The molecule has 3 heterocycles. The van der Waals surface area contributed by atoms with Crippen LogP contribution in [0.5, 0.6) is 0 Å². The molecular weight excluding hydrogens is 268 g/mol. The maximum Gasteiger partial charge on any atom is 0.307 e. The predicted molar refractivity (Wildman–Crippen MR) is 76.3 cm³/mol. The number of hydrogen-bond acceptors (Lipinski definition) is 5. The monoisotopic (exact) mass is 286 g/mol. The summed E-state index contributed by atoms with van der Waals surface area (Å²) in [6, 6.07) is 3.97. The SMILES string of the molecule is CCCNC(=O)c1nc2c(o1)CN(Cc1cccnc1)C2. The second kappa shape index (κ2) is 6.05. The highest BCUT2D eigenvalue weighted by molar-refractivity contribution is 5.89. The molecule has 110 valence electrons. The van der Waals surface area contributed by atoms with Gasteiger partial charge in [0.05, 0.1) is 12.2 Å². The maximum absolute atomic E-state index is 11.8. The van der Waals surface area contributed by atoms with Gasteiger partial charge in [-0.25, -0.2) is 4.98 Å². The number of amides is 1. The summed E-state index contributed by atoms with van der Waals surface area (Å²) < 4.78 is 5.57. The Morgan fingerprint density at radius 1 is 1.48 bits per heavy atom. The van der Waals surface area contributed by atoms with Crippen LogP contribution in [0.4, 0.5) is 0 Å². The zero-order valence-corrected chi connectivity index (χ0v) is 12.0. The molecule has 0 fully saturated rings. The minimum atomic E-state index is -0.231. The van der Waals surface area contributed by atoms with Crippen LogP contribution in [0.25, 0.3) is 0 Å². The van der Waals surface area contributed by atoms with E-state index in [2.05, 4.69) is 20.2 Å². The van der Waals surface area contributed by atoms with E-state index >= 15 is 0 Å². The van der Waals surface area contributed by atoms with Gasteiger partial charge < -0.3 is 9.73 Å². The molecule has 0 saturated carbocycles. The molecule has 0 bridgehead atoms. The van der Waals surface area contributed by atoms with Crippen LogP contribution in [0.2, 0.25) is 0 Å². The summed E-state index contributed by atoms with van der Waals surface area (Å²) in [5.41, 5.74) is 2.02. The number of nitrogens with one attached hydrogen (secondary N) is 1. The quantitative estimate of drug-likeness (QED) is 0.906. The van der Waals surface area contributed by atoms with Crippen molar-refractivity contribution in [3.63, 3.8) is 0 Å². The molecule has 0 saturated heterocycles. The number of aromatic nitrogens is 2. The number of fused-ring (bicyclic) bond motifs is 1. The van der Waals surface area contributed by atoms with E-state index < -0.39 is 0 Å². The molecule has 1 amide bonds. The molecule has 0 unspecified atom stereocenters. The first-order valence-corrected chi connectivity index (χ1v) is 7.14. The van der Waals surface area contributed by atoms with Gasteiger partial charge in [0.2, 0.25) is 0 Å². The van der Waals surface area contributed by atoms with Crippen LogP contribution in [-0.4, -0.2) is 27.3 Å². The number of rotatable bonds is 5. The van der Waals surface area contributed by atoms with Crippen LogP contribution in [0.1, 0.15) is 41.0 Å². The molecule has 0 atom stereocenters. The lowest BCUT2D eigenvalue weighted by atomic mass is 10.3. The molecule has 2 aromatic heterocycles. The van der Waals surface area contributed by atoms with Crippen molar-refractivity contribution < 1.29 is 9.21 Å². The van der Waals surface area contributed by atoms with Crippen molar-refractivity contribution in [1.82, 2.24) is 20.2 Å². The van der Waals surface area contributed by atoms with Crippen molar-refractivity contribution in [2.45, 2.75) is 33.0 Å². The minimum absolute atomic E-state index is 0.175. The minimum Gasteiger partial charge on any atom is -0.436 e. The summed E-state index contributed by atoms with van der Waals surface area (Å²) in [7, 11) is 0. The average molecular weight is 286 g/mol. The molecule has 0 aromatic carbocycles. The first-order chi connectivity index (χ1) is 10.3. The van der Waals surface area contributed by atoms with Gasteiger partial charge in [-0.15, -0.1) is 0 Å². The highest BCUT2D eigenvalue weighted by Gasteiger charge is 2.27. The Morgan fingerprint density at radius 2 is 2.38 bits per heavy atom. The van der Waals surface area contributed by atoms with Crippen LogP contribution in [0.3, 0.4) is 0 Å². The standard InChI is InChI=1S/C15H18N4O2/c1-2-5-17-14(20)15-18-12-9-19(10-13(12)21-15)8-11-4-3-6-16-7-11/h3-4,6-7H,2,5,8-10H2,1H3,(H,17,20). The van der Waals surface area contributed by atoms with E-state index in [-0.39, 0.29) is 11.8 Å². The van der Waals surface area contributed by atoms with Gasteiger partial charge in [-0.1, -0.05) is 13.0 Å². The number of carbonyl (C=O) groups excluding carboxylic acids is 1. The van der Waals surface area contributed by atoms with E-state index in [9.17, 15) is 4.79 Å². The van der Waals surface area contributed by atoms with Crippen molar-refractivity contribution in [3.05, 3.63) is 47.4 Å². The van der Waals surface area contributed by atoms with Gasteiger partial charge in [0.15, 0.2) is 0 Å². The van der Waals surface area contributed by atoms with Gasteiger partial charge in [0.25, 0.3) is 5.89 Å². The number of carbonyl (C=O) groups is 1. The second-order valence-electron chi connectivity index (χ2n) is 5.15. The Kier molecular flexibility index (Phi) is 3.96. The summed E-state index contributed by atoms with van der Waals surface area (Å²) in [6.45, 7) is 4.83. The maximum atomic E-state index is 11.8. The topological polar surface area (TPSA) is 71.3 Å². The molecule has 1 aliphatic rings. The van der Waals surface area contributed by atoms with E-state index in [1.54, 1.807) is 6.20 Å². The van der Waals surface area contributed by atoms with Crippen LogP contribution in [0, 0.1) is 0 Å². The molecule has 0 radical (unpaired) electrons. The normalized spacial score (nSPS) is 14.1. The Bertz CT molecular complexity index is 600. The third-order valence-electron chi connectivity index (χ3n) is 3.38. The molecule has 6 heteroatoms. The van der Waals surface area contributed by atoms with Crippen LogP contribution in [-0.2, 0) is 19.6 Å². The summed E-state index contributed by atoms with van der Waals surface area (Å²) in [4.78, 5) is 22.4. The number of nitrogens with zero attached hydrogens (tertiary/aromatic N) is 3. The summed E-state index contributed by atoms with van der Waals surface area (Å²) in [6.07, 6.45) is 4.52. The van der Waals surface area contributed by atoms with Crippen molar-refractivity contribution in [2.75, 3.05) is 6.54 Å². The number of hydrogen-bond donors (Lipinski definition) is 1. The van der Waals surface area contributed by atoms with Crippen molar-refractivity contribution in [1.29, 1.82) is 0 Å². The van der Waals surface area contributed by atoms with Crippen molar-refractivity contribution in [2.24, 2.45) is 0 Å². The van der Waals surface area contributed by atoms with Gasteiger partial charge >= 0.3 is 5.91 Å². The molecule has 1 N–H and O–H groups in total. The smallest absolute Gasteiger partial charge is 0.307 e. The highest BCUT2D eigenvalue weighted by Crippen LogP contribution is 2.24. The van der Waals surface area contributed by atoms with Gasteiger partial charge in [0.1, 0.15) is 5.76 Å². The number of pyridine rings is 1. The molecule has 21 heavy (non-hydrogen) atoms. The Balaban J connectivity index is 1.61. The zero-order valence-electron chi connectivity index (χ0n) is 12.0. The Hall–Kier alpha value is -2.21. The van der Waals surface area contributed by atoms with Gasteiger partial charge in [-0.2, -0.15) is 0 Å². The lowest BCUT2D eigenvalue weighted by Gasteiger charge is -2.13. The molecule has 3 rings (SSSR count). The first-order valence-electron chi connectivity index (χ1n) is 7.14.